The number of aliphatic hydroxyl groups excluding tert-OH is 1. The first kappa shape index (κ1) is 14.3. The molecule has 0 saturated carbocycles. The van der Waals surface area contributed by atoms with Crippen LogP contribution in [-0.2, 0) is 0 Å². The van der Waals surface area contributed by atoms with Crippen molar-refractivity contribution < 1.29 is 14.3 Å². The van der Waals surface area contributed by atoms with Crippen molar-refractivity contribution in [3.05, 3.63) is 30.2 Å². The third kappa shape index (κ3) is 3.08. The lowest BCUT2D eigenvalue weighted by molar-refractivity contribution is 0.0886. The average Bonchev–Trinajstić information content (AvgIpc) is 3.13. The summed E-state index contributed by atoms with van der Waals surface area (Å²) >= 11 is 0. The Kier molecular flexibility index (Phi) is 4.57. The summed E-state index contributed by atoms with van der Waals surface area (Å²) in [5.41, 5.74) is 0.919. The first-order chi connectivity index (χ1) is 9.65. The predicted molar refractivity (Wildman–Crippen MR) is 74.1 cm³/mol. The quantitative estimate of drug-likeness (QED) is 0.751. The van der Waals surface area contributed by atoms with E-state index >= 15 is 0 Å². The smallest absolute Gasteiger partial charge is 0.272 e. The molecule has 6 heteroatoms. The number of hydrogen-bond acceptors (Lipinski definition) is 4. The van der Waals surface area contributed by atoms with Gasteiger partial charge in [-0.1, -0.05) is 20.3 Å². The number of amides is 1. The summed E-state index contributed by atoms with van der Waals surface area (Å²) in [5, 5.41) is 18.8. The van der Waals surface area contributed by atoms with Crippen LogP contribution >= 0.6 is 0 Å². The van der Waals surface area contributed by atoms with Gasteiger partial charge < -0.3 is 14.8 Å². The number of H-pyrrole nitrogens is 1. The molecule has 2 atom stereocenters. The van der Waals surface area contributed by atoms with Crippen LogP contribution in [0.1, 0.15) is 30.8 Å². The van der Waals surface area contributed by atoms with E-state index in [1.807, 2.05) is 13.8 Å². The Hall–Kier alpha value is -2.08. The van der Waals surface area contributed by atoms with Crippen LogP contribution in [0.25, 0.3) is 11.5 Å². The summed E-state index contributed by atoms with van der Waals surface area (Å²) in [4.78, 5) is 12.1. The maximum absolute atomic E-state index is 12.1. The third-order valence-electron chi connectivity index (χ3n) is 3.44. The van der Waals surface area contributed by atoms with Crippen LogP contribution in [0.2, 0.25) is 0 Å². The lowest BCUT2D eigenvalue weighted by Crippen LogP contribution is -2.42. The van der Waals surface area contributed by atoms with Gasteiger partial charge in [-0.15, -0.1) is 0 Å². The van der Waals surface area contributed by atoms with Crippen molar-refractivity contribution in [1.82, 2.24) is 15.5 Å². The maximum Gasteiger partial charge on any atom is 0.272 e. The monoisotopic (exact) mass is 277 g/mol. The van der Waals surface area contributed by atoms with Gasteiger partial charge in [0.05, 0.1) is 18.9 Å². The second-order valence-corrected chi connectivity index (χ2v) is 4.79. The molecule has 1 amide bonds. The van der Waals surface area contributed by atoms with Crippen LogP contribution in [0.5, 0.6) is 0 Å². The summed E-state index contributed by atoms with van der Waals surface area (Å²) in [5.74, 6) is 0.517. The SMILES string of the molecule is CCC(C)C(CO)NC(=O)c1cc(-c2ccco2)[nH]n1. The van der Waals surface area contributed by atoms with Gasteiger partial charge >= 0.3 is 0 Å². The molecule has 0 fully saturated rings. The number of aliphatic hydroxyl groups is 1. The fourth-order valence-electron chi connectivity index (χ4n) is 1.89. The van der Waals surface area contributed by atoms with E-state index in [2.05, 4.69) is 15.5 Å². The largest absolute Gasteiger partial charge is 0.463 e. The van der Waals surface area contributed by atoms with Gasteiger partial charge in [0.25, 0.3) is 5.91 Å². The zero-order chi connectivity index (χ0) is 14.5. The normalized spacial score (nSPS) is 13.9. The summed E-state index contributed by atoms with van der Waals surface area (Å²) in [6, 6.07) is 4.90. The molecular formula is C14H19N3O3. The summed E-state index contributed by atoms with van der Waals surface area (Å²) in [6.07, 6.45) is 2.43. The Morgan fingerprint density at radius 3 is 3.00 bits per heavy atom. The van der Waals surface area contributed by atoms with Crippen molar-refractivity contribution in [3.8, 4) is 11.5 Å². The van der Waals surface area contributed by atoms with E-state index in [1.54, 1.807) is 24.5 Å². The predicted octanol–water partition coefficient (Wildman–Crippen LogP) is 1.81. The molecule has 108 valence electrons. The molecule has 2 aromatic heterocycles. The highest BCUT2D eigenvalue weighted by atomic mass is 16.3. The molecule has 0 saturated heterocycles. The molecule has 2 heterocycles. The first-order valence-electron chi connectivity index (χ1n) is 6.66. The maximum atomic E-state index is 12.1. The fourth-order valence-corrected chi connectivity index (χ4v) is 1.89. The Bertz CT molecular complexity index is 548. The number of aromatic amines is 1. The average molecular weight is 277 g/mol. The van der Waals surface area contributed by atoms with Crippen LogP contribution in [0.15, 0.2) is 28.9 Å². The van der Waals surface area contributed by atoms with Gasteiger partial charge in [-0.3, -0.25) is 9.89 Å². The van der Waals surface area contributed by atoms with Gasteiger partial charge in [0.15, 0.2) is 11.5 Å². The minimum Gasteiger partial charge on any atom is -0.463 e. The highest BCUT2D eigenvalue weighted by Gasteiger charge is 2.20. The first-order valence-corrected chi connectivity index (χ1v) is 6.66. The minimum absolute atomic E-state index is 0.0871. The molecule has 6 nitrogen and oxygen atoms in total. The molecule has 20 heavy (non-hydrogen) atoms. The Labute approximate surface area is 117 Å². The molecule has 0 aliphatic rings. The van der Waals surface area contributed by atoms with Crippen molar-refractivity contribution >= 4 is 5.91 Å². The molecule has 2 rings (SSSR count). The van der Waals surface area contributed by atoms with E-state index in [1.165, 1.54) is 0 Å². The van der Waals surface area contributed by atoms with E-state index in [4.69, 9.17) is 4.42 Å². The van der Waals surface area contributed by atoms with Crippen LogP contribution in [-0.4, -0.2) is 33.9 Å². The number of hydrogen-bond donors (Lipinski definition) is 3. The summed E-state index contributed by atoms with van der Waals surface area (Å²) in [7, 11) is 0. The number of aromatic nitrogens is 2. The fraction of sp³-hybridized carbons (Fsp3) is 0.429. The van der Waals surface area contributed by atoms with E-state index < -0.39 is 0 Å². The topological polar surface area (TPSA) is 91.1 Å². The van der Waals surface area contributed by atoms with Crippen LogP contribution < -0.4 is 5.32 Å². The van der Waals surface area contributed by atoms with Gasteiger partial charge in [0.1, 0.15) is 5.69 Å². The van der Waals surface area contributed by atoms with Crippen LogP contribution in [0, 0.1) is 5.92 Å². The summed E-state index contributed by atoms with van der Waals surface area (Å²) in [6.45, 7) is 3.92. The van der Waals surface area contributed by atoms with Crippen LogP contribution in [0.4, 0.5) is 0 Å². The van der Waals surface area contributed by atoms with Crippen molar-refractivity contribution in [2.45, 2.75) is 26.3 Å². The number of nitrogens with zero attached hydrogens (tertiary/aromatic N) is 1. The van der Waals surface area contributed by atoms with E-state index in [9.17, 15) is 9.90 Å². The van der Waals surface area contributed by atoms with E-state index in [0.29, 0.717) is 11.5 Å². The van der Waals surface area contributed by atoms with E-state index in [-0.39, 0.29) is 30.2 Å². The number of rotatable bonds is 6. The lowest BCUT2D eigenvalue weighted by Gasteiger charge is -2.21. The minimum atomic E-state index is -0.307. The number of carbonyl (C=O) groups excluding carboxylic acids is 1. The molecule has 3 N–H and O–H groups in total. The number of carbonyl (C=O) groups is 1. The lowest BCUT2D eigenvalue weighted by atomic mass is 10.00. The zero-order valence-electron chi connectivity index (χ0n) is 11.6. The van der Waals surface area contributed by atoms with Gasteiger partial charge in [0, 0.05) is 6.07 Å². The molecular weight excluding hydrogens is 258 g/mol. The van der Waals surface area contributed by atoms with Gasteiger partial charge in [-0.2, -0.15) is 5.10 Å². The van der Waals surface area contributed by atoms with Gasteiger partial charge in [-0.05, 0) is 18.1 Å². The highest BCUT2D eigenvalue weighted by Crippen LogP contribution is 2.18. The molecule has 2 aromatic rings. The van der Waals surface area contributed by atoms with Gasteiger partial charge in [-0.25, -0.2) is 0 Å². The molecule has 2 unspecified atom stereocenters. The second-order valence-electron chi connectivity index (χ2n) is 4.79. The Morgan fingerprint density at radius 2 is 2.40 bits per heavy atom. The molecule has 0 aliphatic carbocycles. The molecule has 0 bridgehead atoms. The second kappa shape index (κ2) is 6.38. The van der Waals surface area contributed by atoms with Gasteiger partial charge in [0.2, 0.25) is 0 Å². The van der Waals surface area contributed by atoms with Crippen molar-refractivity contribution in [2.24, 2.45) is 5.92 Å². The van der Waals surface area contributed by atoms with Crippen molar-refractivity contribution in [3.63, 3.8) is 0 Å². The van der Waals surface area contributed by atoms with Crippen molar-refractivity contribution in [2.75, 3.05) is 6.61 Å². The standard InChI is InChI=1S/C14H19N3O3/c1-3-9(2)12(8-18)15-14(19)11-7-10(16-17-11)13-5-4-6-20-13/h4-7,9,12,18H,3,8H2,1-2H3,(H,15,19)(H,16,17). The highest BCUT2D eigenvalue weighted by molar-refractivity contribution is 5.93. The number of nitrogens with one attached hydrogen (secondary N) is 2. The molecule has 0 radical (unpaired) electrons. The molecule has 0 spiro atoms. The van der Waals surface area contributed by atoms with E-state index in [0.717, 1.165) is 6.42 Å². The Morgan fingerprint density at radius 1 is 1.60 bits per heavy atom. The third-order valence-corrected chi connectivity index (χ3v) is 3.44. The van der Waals surface area contributed by atoms with Crippen molar-refractivity contribution in [1.29, 1.82) is 0 Å². The zero-order valence-corrected chi connectivity index (χ0v) is 11.6. The molecule has 0 aliphatic heterocycles. The van der Waals surface area contributed by atoms with Crippen LogP contribution in [0.3, 0.4) is 0 Å². The molecule has 0 aromatic carbocycles. The number of furan rings is 1. The Balaban J connectivity index is 2.06. The summed E-state index contributed by atoms with van der Waals surface area (Å²) < 4.78 is 5.23.